The second kappa shape index (κ2) is 11.6. The molecule has 4 atom stereocenters. The summed E-state index contributed by atoms with van der Waals surface area (Å²) in [5.74, 6) is -0.784. The number of likely N-dealkylation sites (tertiary alicyclic amines) is 1. The van der Waals surface area contributed by atoms with E-state index in [0.29, 0.717) is 25.9 Å². The molecule has 10 nitrogen and oxygen atoms in total. The van der Waals surface area contributed by atoms with E-state index in [1.165, 1.54) is 11.8 Å². The smallest absolute Gasteiger partial charge is 0.408 e. The van der Waals surface area contributed by atoms with Crippen LogP contribution in [0.5, 0.6) is 0 Å². The van der Waals surface area contributed by atoms with Crippen molar-refractivity contribution in [3.63, 3.8) is 0 Å². The van der Waals surface area contributed by atoms with Gasteiger partial charge < -0.3 is 29.5 Å². The van der Waals surface area contributed by atoms with E-state index in [-0.39, 0.29) is 24.9 Å². The molecule has 1 amide bonds. The number of benzene rings is 1. The third kappa shape index (κ3) is 6.77. The van der Waals surface area contributed by atoms with Crippen LogP contribution in [0.25, 0.3) is 0 Å². The summed E-state index contributed by atoms with van der Waals surface area (Å²) in [6.45, 7) is 5.27. The highest BCUT2D eigenvalue weighted by molar-refractivity contribution is 8.13. The predicted octanol–water partition coefficient (Wildman–Crippen LogP) is 3.26. The number of rotatable bonds is 9. The number of hydrogen-bond donors (Lipinski definition) is 2. The number of carboxylic acid groups (broad SMARTS) is 1. The van der Waals surface area contributed by atoms with E-state index in [4.69, 9.17) is 24.2 Å². The highest BCUT2D eigenvalue weighted by Crippen LogP contribution is 2.35. The minimum Gasteiger partial charge on any atom is -0.480 e. The predicted molar refractivity (Wildman–Crippen MR) is 137 cm³/mol. The highest BCUT2D eigenvalue weighted by Gasteiger charge is 2.47. The van der Waals surface area contributed by atoms with Gasteiger partial charge in [0, 0.05) is 19.5 Å². The Hall–Kier alpha value is -2.63. The van der Waals surface area contributed by atoms with Gasteiger partial charge in [0.1, 0.15) is 30.6 Å². The van der Waals surface area contributed by atoms with E-state index in [0.717, 1.165) is 29.4 Å². The molecule has 0 aliphatic carbocycles. The monoisotopic (exact) mass is 518 g/mol. The number of fused-ring (bicyclic) bond motifs is 2. The summed E-state index contributed by atoms with van der Waals surface area (Å²) in [6.07, 6.45) is 3.46. The number of thioether (sulfide) groups is 1. The van der Waals surface area contributed by atoms with Crippen molar-refractivity contribution < 1.29 is 28.9 Å². The molecule has 1 unspecified atom stereocenters. The molecule has 196 valence electrons. The van der Waals surface area contributed by atoms with Crippen LogP contribution in [0, 0.1) is 0 Å². The number of nitrogens with one attached hydrogen (secondary N) is 1. The van der Waals surface area contributed by atoms with Crippen molar-refractivity contribution in [1.29, 1.82) is 0 Å². The number of aliphatic carboxylic acids is 1. The zero-order valence-corrected chi connectivity index (χ0v) is 21.7. The van der Waals surface area contributed by atoms with Crippen molar-refractivity contribution in [2.75, 3.05) is 19.3 Å². The van der Waals surface area contributed by atoms with Crippen molar-refractivity contribution in [2.45, 2.75) is 76.2 Å². The first-order chi connectivity index (χ1) is 17.2. The van der Waals surface area contributed by atoms with Crippen LogP contribution in [0.15, 0.2) is 40.3 Å². The SMILES string of the molecule is CSC1=NC2C[C@@H]3OC(C)(C)O[C@@H]3CN(CCCC[C@H](NC(=O)OCc3ccccc3)C(=O)O)C2=N1. The zero-order chi connectivity index (χ0) is 25.7. The first-order valence-electron chi connectivity index (χ1n) is 12.2. The second-order valence-electron chi connectivity index (χ2n) is 9.59. The average molecular weight is 519 g/mol. The van der Waals surface area contributed by atoms with Gasteiger partial charge in [-0.2, -0.15) is 0 Å². The number of carbonyl (C=O) groups is 2. The molecule has 3 aliphatic heterocycles. The lowest BCUT2D eigenvalue weighted by atomic mass is 10.1. The first-order valence-corrected chi connectivity index (χ1v) is 13.5. The zero-order valence-electron chi connectivity index (χ0n) is 20.9. The summed E-state index contributed by atoms with van der Waals surface area (Å²) >= 11 is 1.52. The molecule has 0 saturated carbocycles. The van der Waals surface area contributed by atoms with Crippen LogP contribution in [-0.2, 0) is 25.6 Å². The summed E-state index contributed by atoms with van der Waals surface area (Å²) in [7, 11) is 0. The molecule has 0 aromatic heterocycles. The van der Waals surface area contributed by atoms with Gasteiger partial charge in [-0.15, -0.1) is 0 Å². The molecule has 1 aromatic rings. The first kappa shape index (κ1) is 26.4. The van der Waals surface area contributed by atoms with Gasteiger partial charge in [0.15, 0.2) is 11.0 Å². The fraction of sp³-hybridized carbons (Fsp3) is 0.600. The number of amidine groups is 2. The van der Waals surface area contributed by atoms with Gasteiger partial charge in [0.25, 0.3) is 0 Å². The maximum atomic E-state index is 12.1. The summed E-state index contributed by atoms with van der Waals surface area (Å²) in [6, 6.07) is 8.16. The number of amides is 1. The normalized spacial score (nSPS) is 25.2. The molecule has 2 saturated heterocycles. The number of carbonyl (C=O) groups excluding carboxylic acids is 1. The Morgan fingerprint density at radius 3 is 2.72 bits per heavy atom. The van der Waals surface area contributed by atoms with Gasteiger partial charge in [-0.3, -0.25) is 0 Å². The Morgan fingerprint density at radius 1 is 1.25 bits per heavy atom. The molecule has 1 aromatic carbocycles. The third-order valence-electron chi connectivity index (χ3n) is 6.40. The summed E-state index contributed by atoms with van der Waals surface area (Å²) in [5, 5.41) is 12.8. The van der Waals surface area contributed by atoms with E-state index in [2.05, 4.69) is 10.2 Å². The Labute approximate surface area is 215 Å². The van der Waals surface area contributed by atoms with Crippen LogP contribution in [0.1, 0.15) is 45.1 Å². The molecule has 2 N–H and O–H groups in total. The minimum atomic E-state index is -1.08. The Morgan fingerprint density at radius 2 is 2.00 bits per heavy atom. The summed E-state index contributed by atoms with van der Waals surface area (Å²) in [4.78, 5) is 35.5. The number of nitrogens with zero attached hydrogens (tertiary/aromatic N) is 3. The maximum absolute atomic E-state index is 12.1. The van der Waals surface area contributed by atoms with Gasteiger partial charge in [-0.25, -0.2) is 19.6 Å². The molecule has 0 spiro atoms. The number of hydrogen-bond acceptors (Lipinski definition) is 9. The van der Waals surface area contributed by atoms with Gasteiger partial charge in [-0.05, 0) is 44.9 Å². The fourth-order valence-corrected chi connectivity index (χ4v) is 5.16. The summed E-state index contributed by atoms with van der Waals surface area (Å²) < 4.78 is 17.4. The van der Waals surface area contributed by atoms with Crippen LogP contribution in [0.2, 0.25) is 0 Å². The molecule has 3 aliphatic rings. The van der Waals surface area contributed by atoms with Crippen molar-refractivity contribution >= 4 is 34.8 Å². The van der Waals surface area contributed by atoms with E-state index >= 15 is 0 Å². The Kier molecular flexibility index (Phi) is 8.53. The van der Waals surface area contributed by atoms with Crippen LogP contribution in [0.4, 0.5) is 4.79 Å². The van der Waals surface area contributed by atoms with Gasteiger partial charge >= 0.3 is 12.1 Å². The highest BCUT2D eigenvalue weighted by atomic mass is 32.2. The van der Waals surface area contributed by atoms with Crippen molar-refractivity contribution in [1.82, 2.24) is 10.2 Å². The van der Waals surface area contributed by atoms with Gasteiger partial charge in [0.05, 0.1) is 6.10 Å². The lowest BCUT2D eigenvalue weighted by Crippen LogP contribution is -2.42. The number of ether oxygens (including phenoxy) is 3. The van der Waals surface area contributed by atoms with Crippen LogP contribution in [0.3, 0.4) is 0 Å². The lowest BCUT2D eigenvalue weighted by molar-refractivity contribution is -0.148. The van der Waals surface area contributed by atoms with Crippen LogP contribution >= 0.6 is 11.8 Å². The fourth-order valence-electron chi connectivity index (χ4n) is 4.75. The lowest BCUT2D eigenvalue weighted by Gasteiger charge is -2.27. The van der Waals surface area contributed by atoms with Crippen molar-refractivity contribution in [3.05, 3.63) is 35.9 Å². The van der Waals surface area contributed by atoms with E-state index in [9.17, 15) is 14.7 Å². The standard InChI is InChI=1S/C25H34N4O6S/c1-25(2)34-19-13-18-21(28-23(26-18)36-3)29(14-20(19)35-25)12-8-7-11-17(22(30)31)27-24(32)33-15-16-9-5-4-6-10-16/h4-6,9-10,17-20H,7-8,11-15H2,1-3H3,(H,27,32)(H,30,31)/t17-,18?,19-,20+/m0/s1. The van der Waals surface area contributed by atoms with E-state index in [1.54, 1.807) is 0 Å². The quantitative estimate of drug-likeness (QED) is 0.478. The second-order valence-corrected chi connectivity index (χ2v) is 10.4. The van der Waals surface area contributed by atoms with E-state index in [1.807, 2.05) is 50.4 Å². The van der Waals surface area contributed by atoms with Crippen molar-refractivity contribution in [2.24, 2.45) is 9.98 Å². The maximum Gasteiger partial charge on any atom is 0.408 e. The molecule has 2 fully saturated rings. The molecule has 11 heteroatoms. The average Bonchev–Trinajstić information content (AvgIpc) is 3.35. The number of carboxylic acids is 1. The van der Waals surface area contributed by atoms with E-state index < -0.39 is 23.9 Å². The van der Waals surface area contributed by atoms with Gasteiger partial charge in [0.2, 0.25) is 0 Å². The Bertz CT molecular complexity index is 1000. The summed E-state index contributed by atoms with van der Waals surface area (Å²) in [5.41, 5.74) is 0.834. The van der Waals surface area contributed by atoms with Crippen LogP contribution in [-0.4, -0.2) is 82.5 Å². The molecule has 3 heterocycles. The van der Waals surface area contributed by atoms with Gasteiger partial charge in [-0.1, -0.05) is 42.1 Å². The van der Waals surface area contributed by atoms with Crippen molar-refractivity contribution in [3.8, 4) is 0 Å². The number of aliphatic imine (C=N–C) groups is 2. The largest absolute Gasteiger partial charge is 0.480 e. The topological polar surface area (TPSA) is 122 Å². The molecule has 0 radical (unpaired) electrons. The molecular weight excluding hydrogens is 484 g/mol. The molecule has 36 heavy (non-hydrogen) atoms. The van der Waals surface area contributed by atoms with Crippen LogP contribution < -0.4 is 5.32 Å². The molecule has 0 bridgehead atoms. The Balaban J connectivity index is 1.28. The molecular formula is C25H34N4O6S. The minimum absolute atomic E-state index is 0.0485. The number of unbranched alkanes of at least 4 members (excludes halogenated alkanes) is 1. The third-order valence-corrected chi connectivity index (χ3v) is 6.96. The number of alkyl carbamates (subject to hydrolysis) is 1. The molecule has 4 rings (SSSR count).